The summed E-state index contributed by atoms with van der Waals surface area (Å²) >= 11 is 0. The van der Waals surface area contributed by atoms with Crippen LogP contribution in [0.5, 0.6) is 0 Å². The minimum atomic E-state index is -1.24. The Bertz CT molecular complexity index is 1430. The number of carbonyl (C=O) groups excluding carboxylic acids is 2. The predicted molar refractivity (Wildman–Crippen MR) is 151 cm³/mol. The lowest BCUT2D eigenvalue weighted by atomic mass is 9.94. The van der Waals surface area contributed by atoms with Crippen molar-refractivity contribution in [2.45, 2.75) is 50.1 Å². The van der Waals surface area contributed by atoms with E-state index < -0.39 is 41.7 Å². The van der Waals surface area contributed by atoms with E-state index in [1.807, 2.05) is 50.2 Å². The lowest BCUT2D eigenvalue weighted by molar-refractivity contribution is 0.000136. The van der Waals surface area contributed by atoms with Crippen molar-refractivity contribution in [3.05, 3.63) is 77.0 Å². The third-order valence-electron chi connectivity index (χ3n) is 7.70. The van der Waals surface area contributed by atoms with Gasteiger partial charge in [-0.25, -0.2) is 4.98 Å². The Morgan fingerprint density at radius 3 is 2.56 bits per heavy atom. The highest BCUT2D eigenvalue weighted by atomic mass is 16.3. The molecule has 2 heterocycles. The van der Waals surface area contributed by atoms with Gasteiger partial charge in [0.1, 0.15) is 17.5 Å². The van der Waals surface area contributed by atoms with Gasteiger partial charge in [0.05, 0.1) is 30.3 Å². The molecule has 41 heavy (non-hydrogen) atoms. The zero-order chi connectivity index (χ0) is 29.3. The van der Waals surface area contributed by atoms with Crippen LogP contribution in [0.3, 0.4) is 0 Å². The van der Waals surface area contributed by atoms with Gasteiger partial charge in [0.15, 0.2) is 0 Å². The minimum Gasteiger partial charge on any atom is -0.396 e. The summed E-state index contributed by atoms with van der Waals surface area (Å²) in [5, 5.41) is 52.1. The number of hydrogen-bond donors (Lipinski definition) is 8. The van der Waals surface area contributed by atoms with Crippen molar-refractivity contribution in [1.82, 2.24) is 20.6 Å². The van der Waals surface area contributed by atoms with Crippen molar-refractivity contribution < 1.29 is 30.0 Å². The van der Waals surface area contributed by atoms with Crippen molar-refractivity contribution in [3.8, 4) is 0 Å². The fraction of sp³-hybridized carbons (Fsp3) is 0.379. The Labute approximate surface area is 236 Å². The maximum Gasteiger partial charge on any atom is 0.256 e. The van der Waals surface area contributed by atoms with Crippen LogP contribution in [0.1, 0.15) is 58.2 Å². The molecule has 0 unspecified atom stereocenters. The molecule has 1 aromatic heterocycles. The van der Waals surface area contributed by atoms with E-state index in [0.29, 0.717) is 11.3 Å². The van der Waals surface area contributed by atoms with Gasteiger partial charge in [-0.15, -0.1) is 0 Å². The van der Waals surface area contributed by atoms with E-state index in [0.717, 1.165) is 11.1 Å². The van der Waals surface area contributed by atoms with E-state index >= 15 is 0 Å². The lowest BCUT2D eigenvalue weighted by Crippen LogP contribution is -2.43. The van der Waals surface area contributed by atoms with Crippen molar-refractivity contribution in [2.75, 3.05) is 23.8 Å². The van der Waals surface area contributed by atoms with Crippen molar-refractivity contribution in [1.29, 1.82) is 0 Å². The van der Waals surface area contributed by atoms with Crippen LogP contribution in [0.2, 0.25) is 0 Å². The molecule has 1 saturated carbocycles. The smallest absolute Gasteiger partial charge is 0.256 e. The Morgan fingerprint density at radius 2 is 1.88 bits per heavy atom. The van der Waals surface area contributed by atoms with E-state index in [1.165, 1.54) is 6.20 Å². The van der Waals surface area contributed by atoms with Gasteiger partial charge in [-0.05, 0) is 49.6 Å². The Morgan fingerprint density at radius 1 is 1.12 bits per heavy atom. The first-order chi connectivity index (χ1) is 19.6. The number of anilines is 3. The Balaban J connectivity index is 1.44. The van der Waals surface area contributed by atoms with Gasteiger partial charge in [-0.3, -0.25) is 9.59 Å². The quantitative estimate of drug-likeness (QED) is 0.188. The second-order valence-electron chi connectivity index (χ2n) is 11.0. The summed E-state index contributed by atoms with van der Waals surface area (Å²) in [7, 11) is 0. The van der Waals surface area contributed by atoms with Crippen LogP contribution < -0.4 is 21.3 Å². The van der Waals surface area contributed by atoms with Crippen molar-refractivity contribution >= 4 is 29.3 Å². The minimum absolute atomic E-state index is 0.0592. The number of nitrogens with one attached hydrogen (secondary N) is 4. The molecule has 5 rings (SSSR count). The summed E-state index contributed by atoms with van der Waals surface area (Å²) in [6.07, 6.45) is -0.876. The van der Waals surface area contributed by atoms with Gasteiger partial charge in [0.25, 0.3) is 11.8 Å². The number of hydrogen-bond acceptors (Lipinski definition) is 10. The highest BCUT2D eigenvalue weighted by molar-refractivity contribution is 6.00. The molecule has 3 aromatic rings. The Kier molecular flexibility index (Phi) is 7.91. The molecule has 12 heteroatoms. The molecule has 0 spiro atoms. The van der Waals surface area contributed by atoms with Gasteiger partial charge in [0, 0.05) is 30.0 Å². The van der Waals surface area contributed by atoms with E-state index in [9.17, 15) is 30.0 Å². The fourth-order valence-electron chi connectivity index (χ4n) is 5.38. The number of carbonyl (C=O) groups is 2. The normalized spacial score (nSPS) is 23.4. The molecule has 2 aromatic carbocycles. The summed E-state index contributed by atoms with van der Waals surface area (Å²) in [5.41, 5.74) is 2.33. The molecule has 0 radical (unpaired) electrons. The number of fused-ring (bicyclic) bond motifs is 1. The molecule has 1 aliphatic carbocycles. The number of rotatable bonds is 9. The molecular formula is C29H34N6O6. The molecule has 0 bridgehead atoms. The number of amides is 2. The van der Waals surface area contributed by atoms with Gasteiger partial charge >= 0.3 is 0 Å². The van der Waals surface area contributed by atoms with E-state index in [2.05, 4.69) is 31.2 Å². The van der Waals surface area contributed by atoms with Crippen LogP contribution >= 0.6 is 0 Å². The van der Waals surface area contributed by atoms with Gasteiger partial charge in [-0.1, -0.05) is 30.3 Å². The van der Waals surface area contributed by atoms with Gasteiger partial charge in [0.2, 0.25) is 5.95 Å². The molecule has 1 fully saturated rings. The van der Waals surface area contributed by atoms with Crippen LogP contribution in [0.25, 0.3) is 0 Å². The average molecular weight is 563 g/mol. The van der Waals surface area contributed by atoms with Crippen molar-refractivity contribution in [3.63, 3.8) is 0 Å². The van der Waals surface area contributed by atoms with E-state index in [-0.39, 0.29) is 42.9 Å². The van der Waals surface area contributed by atoms with Gasteiger partial charge in [-0.2, -0.15) is 4.98 Å². The van der Waals surface area contributed by atoms with Crippen LogP contribution in [0.15, 0.2) is 54.7 Å². The third-order valence-corrected chi connectivity index (χ3v) is 7.70. The highest BCUT2D eigenvalue weighted by Gasteiger charge is 2.42. The number of aromatic nitrogens is 2. The second kappa shape index (κ2) is 11.4. The zero-order valence-corrected chi connectivity index (χ0v) is 22.7. The number of aliphatic hydroxyl groups is 4. The van der Waals surface area contributed by atoms with E-state index in [4.69, 9.17) is 0 Å². The topological polar surface area (TPSA) is 189 Å². The molecule has 8 N–H and O–H groups in total. The van der Waals surface area contributed by atoms with Crippen LogP contribution in [-0.4, -0.2) is 73.7 Å². The molecular weight excluding hydrogens is 528 g/mol. The molecule has 5 atom stereocenters. The highest BCUT2D eigenvalue weighted by Crippen LogP contribution is 2.33. The zero-order valence-electron chi connectivity index (χ0n) is 22.7. The number of nitrogens with zero attached hydrogens (tertiary/aromatic N) is 2. The summed E-state index contributed by atoms with van der Waals surface area (Å²) in [4.78, 5) is 34.5. The standard InChI is InChI=1S/C29H34N6O6/c1-29(2)20-11-17(8-9-18(20)27(41)35-29)31-28-30-12-19(26(40)33-21-10-16(13-36)23(38)24(21)39)25(34-28)32-22(14-37)15-6-4-3-5-7-15/h3-9,11-12,16,21-24,36-39H,10,13-14H2,1-2H3,(H,33,40)(H,35,41)(H2,30,31,32,34)/t16-,21-,22-,23-,24+/m1/s1. The summed E-state index contributed by atoms with van der Waals surface area (Å²) in [5.74, 6) is -0.998. The number of aliphatic hydroxyl groups excluding tert-OH is 4. The molecule has 2 amide bonds. The largest absolute Gasteiger partial charge is 0.396 e. The van der Waals surface area contributed by atoms with Crippen LogP contribution in [0.4, 0.5) is 17.5 Å². The maximum atomic E-state index is 13.4. The summed E-state index contributed by atoms with van der Waals surface area (Å²) in [6.45, 7) is 3.22. The fourth-order valence-corrected chi connectivity index (χ4v) is 5.38. The molecule has 0 saturated heterocycles. The first-order valence-corrected chi connectivity index (χ1v) is 13.4. The van der Waals surface area contributed by atoms with E-state index in [1.54, 1.807) is 12.1 Å². The Hall–Kier alpha value is -4.10. The van der Waals surface area contributed by atoms with Crippen LogP contribution in [-0.2, 0) is 5.54 Å². The molecule has 216 valence electrons. The SMILES string of the molecule is CC1(C)NC(=O)c2ccc(Nc3ncc(C(=O)N[C@@H]4C[C@H](CO)[C@@H](O)[C@H]4O)c(N[C@H](CO)c4ccccc4)n3)cc21. The second-order valence-corrected chi connectivity index (χ2v) is 11.0. The summed E-state index contributed by atoms with van der Waals surface area (Å²) in [6, 6.07) is 13.1. The molecule has 2 aliphatic rings. The molecule has 12 nitrogen and oxygen atoms in total. The first-order valence-electron chi connectivity index (χ1n) is 13.4. The van der Waals surface area contributed by atoms with Crippen LogP contribution in [0, 0.1) is 5.92 Å². The van der Waals surface area contributed by atoms with Gasteiger partial charge < -0.3 is 41.7 Å². The maximum absolute atomic E-state index is 13.4. The lowest BCUT2D eigenvalue weighted by Gasteiger charge is -2.22. The monoisotopic (exact) mass is 562 g/mol. The van der Waals surface area contributed by atoms with Crippen molar-refractivity contribution in [2.24, 2.45) is 5.92 Å². The predicted octanol–water partition coefficient (Wildman–Crippen LogP) is 1.18. The molecule has 1 aliphatic heterocycles. The number of benzene rings is 2. The first kappa shape index (κ1) is 28.4. The summed E-state index contributed by atoms with van der Waals surface area (Å²) < 4.78 is 0. The third kappa shape index (κ3) is 5.72. The average Bonchev–Trinajstić information content (AvgIpc) is 3.36.